The predicted molar refractivity (Wildman–Crippen MR) is 41.4 cm³/mol. The Morgan fingerprint density at radius 1 is 1.42 bits per heavy atom. The highest BCUT2D eigenvalue weighted by molar-refractivity contribution is 5.84. The predicted octanol–water partition coefficient (Wildman–Crippen LogP) is 0.917. The molecule has 1 aliphatic heterocycles. The van der Waals surface area contributed by atoms with Gasteiger partial charge in [0.25, 0.3) is 0 Å². The van der Waals surface area contributed by atoms with Crippen LogP contribution in [-0.4, -0.2) is 17.9 Å². The van der Waals surface area contributed by atoms with Gasteiger partial charge >= 0.3 is 5.97 Å². The van der Waals surface area contributed by atoms with Crippen LogP contribution in [0, 0.1) is 11.8 Å². The summed E-state index contributed by atoms with van der Waals surface area (Å²) in [6, 6.07) is 0. The third-order valence-corrected chi connectivity index (χ3v) is 2.92. The Hall–Kier alpha value is -0.860. The Bertz CT molecular complexity index is 234. The number of ether oxygens (including phenoxy) is 1. The van der Waals surface area contributed by atoms with Gasteiger partial charge in [-0.3, -0.25) is 9.59 Å². The van der Waals surface area contributed by atoms with Crippen molar-refractivity contribution in [3.63, 3.8) is 0 Å². The summed E-state index contributed by atoms with van der Waals surface area (Å²) in [5, 5.41) is 0. The van der Waals surface area contributed by atoms with Crippen LogP contribution in [-0.2, 0) is 14.3 Å². The molecule has 2 rings (SSSR count). The highest BCUT2D eigenvalue weighted by Gasteiger charge is 2.45. The first kappa shape index (κ1) is 7.77. The number of cyclic esters (lactones) is 1. The van der Waals surface area contributed by atoms with Crippen LogP contribution in [0.25, 0.3) is 0 Å². The molecule has 1 aliphatic carbocycles. The van der Waals surface area contributed by atoms with Crippen molar-refractivity contribution in [3.05, 3.63) is 0 Å². The molecule has 0 amide bonds. The van der Waals surface area contributed by atoms with Gasteiger partial charge < -0.3 is 4.74 Å². The molecular formula is C9H12O3. The van der Waals surface area contributed by atoms with Gasteiger partial charge in [0, 0.05) is 18.8 Å². The highest BCUT2D eigenvalue weighted by atomic mass is 16.6. The summed E-state index contributed by atoms with van der Waals surface area (Å²) >= 11 is 0. The van der Waals surface area contributed by atoms with Crippen molar-refractivity contribution >= 4 is 11.8 Å². The number of ketones is 1. The maximum absolute atomic E-state index is 11.2. The fourth-order valence-electron chi connectivity index (χ4n) is 2.18. The van der Waals surface area contributed by atoms with Gasteiger partial charge in [-0.05, 0) is 13.3 Å². The Morgan fingerprint density at radius 3 is 2.92 bits per heavy atom. The Labute approximate surface area is 71.1 Å². The molecule has 0 unspecified atom stereocenters. The van der Waals surface area contributed by atoms with Gasteiger partial charge in [0.1, 0.15) is 11.9 Å². The molecule has 66 valence electrons. The fraction of sp³-hybridized carbons (Fsp3) is 0.778. The molecule has 0 bridgehead atoms. The SMILES string of the molecule is C[C@H]1OC(=O)[C@@H]2CCC(=O)C[C@H]12. The van der Waals surface area contributed by atoms with Gasteiger partial charge in [0.15, 0.2) is 0 Å². The van der Waals surface area contributed by atoms with Gasteiger partial charge in [-0.25, -0.2) is 0 Å². The molecule has 0 aromatic heterocycles. The monoisotopic (exact) mass is 168 g/mol. The second-order valence-electron chi connectivity index (χ2n) is 3.69. The number of hydrogen-bond acceptors (Lipinski definition) is 3. The van der Waals surface area contributed by atoms with Crippen LogP contribution in [0.15, 0.2) is 0 Å². The van der Waals surface area contributed by atoms with E-state index in [1.54, 1.807) is 0 Å². The zero-order valence-corrected chi connectivity index (χ0v) is 7.08. The van der Waals surface area contributed by atoms with Crippen molar-refractivity contribution in [2.24, 2.45) is 11.8 Å². The number of carbonyl (C=O) groups excluding carboxylic acids is 2. The maximum Gasteiger partial charge on any atom is 0.309 e. The molecule has 0 radical (unpaired) electrons. The number of fused-ring (bicyclic) bond motifs is 1. The summed E-state index contributed by atoms with van der Waals surface area (Å²) in [6.07, 6.45) is 1.75. The van der Waals surface area contributed by atoms with Crippen molar-refractivity contribution in [2.75, 3.05) is 0 Å². The van der Waals surface area contributed by atoms with Crippen molar-refractivity contribution in [2.45, 2.75) is 32.3 Å². The molecule has 1 heterocycles. The average Bonchev–Trinajstić information content (AvgIpc) is 2.28. The van der Waals surface area contributed by atoms with Crippen molar-refractivity contribution in [3.8, 4) is 0 Å². The van der Waals surface area contributed by atoms with Gasteiger partial charge in [-0.1, -0.05) is 0 Å². The van der Waals surface area contributed by atoms with Gasteiger partial charge in [-0.15, -0.1) is 0 Å². The molecule has 0 aromatic rings. The van der Waals surface area contributed by atoms with Crippen molar-refractivity contribution < 1.29 is 14.3 Å². The summed E-state index contributed by atoms with van der Waals surface area (Å²) < 4.78 is 5.07. The molecule has 0 spiro atoms. The van der Waals surface area contributed by atoms with Crippen LogP contribution in [0.3, 0.4) is 0 Å². The van der Waals surface area contributed by atoms with Gasteiger partial charge in [-0.2, -0.15) is 0 Å². The Morgan fingerprint density at radius 2 is 2.17 bits per heavy atom. The third-order valence-electron chi connectivity index (χ3n) is 2.92. The van der Waals surface area contributed by atoms with Crippen molar-refractivity contribution in [1.82, 2.24) is 0 Å². The van der Waals surface area contributed by atoms with E-state index in [0.717, 1.165) is 0 Å². The summed E-state index contributed by atoms with van der Waals surface area (Å²) in [6.45, 7) is 1.88. The van der Waals surface area contributed by atoms with E-state index >= 15 is 0 Å². The summed E-state index contributed by atoms with van der Waals surface area (Å²) in [5.74, 6) is 0.359. The lowest BCUT2D eigenvalue weighted by atomic mass is 9.78. The van der Waals surface area contributed by atoms with E-state index in [1.165, 1.54) is 0 Å². The maximum atomic E-state index is 11.2. The summed E-state index contributed by atoms with van der Waals surface area (Å²) in [4.78, 5) is 22.3. The van der Waals surface area contributed by atoms with E-state index in [0.29, 0.717) is 19.3 Å². The van der Waals surface area contributed by atoms with Crippen molar-refractivity contribution in [1.29, 1.82) is 0 Å². The van der Waals surface area contributed by atoms with Crippen LogP contribution in [0.2, 0.25) is 0 Å². The van der Waals surface area contributed by atoms with Crippen LogP contribution in [0.4, 0.5) is 0 Å². The lowest BCUT2D eigenvalue weighted by molar-refractivity contribution is -0.143. The topological polar surface area (TPSA) is 43.4 Å². The second kappa shape index (κ2) is 2.57. The average molecular weight is 168 g/mol. The van der Waals surface area contributed by atoms with Gasteiger partial charge in [0.05, 0.1) is 5.92 Å². The van der Waals surface area contributed by atoms with Crippen LogP contribution >= 0.6 is 0 Å². The molecule has 0 N–H and O–H groups in total. The largest absolute Gasteiger partial charge is 0.462 e. The minimum Gasteiger partial charge on any atom is -0.462 e. The van der Waals surface area contributed by atoms with Gasteiger partial charge in [0.2, 0.25) is 0 Å². The number of hydrogen-bond donors (Lipinski definition) is 0. The molecule has 0 aromatic carbocycles. The van der Waals surface area contributed by atoms with E-state index in [9.17, 15) is 9.59 Å². The lowest BCUT2D eigenvalue weighted by Crippen LogP contribution is -2.27. The second-order valence-corrected chi connectivity index (χ2v) is 3.69. The molecule has 3 nitrogen and oxygen atoms in total. The molecular weight excluding hydrogens is 156 g/mol. The third kappa shape index (κ3) is 1.04. The Balaban J connectivity index is 2.17. The first-order valence-electron chi connectivity index (χ1n) is 4.40. The molecule has 1 saturated heterocycles. The van der Waals surface area contributed by atoms with E-state index in [2.05, 4.69) is 0 Å². The first-order valence-corrected chi connectivity index (χ1v) is 4.40. The highest BCUT2D eigenvalue weighted by Crippen LogP contribution is 2.37. The normalized spacial score (nSPS) is 40.9. The Kier molecular flexibility index (Phi) is 1.67. The minimum atomic E-state index is -0.0972. The summed E-state index contributed by atoms with van der Waals surface area (Å²) in [5.41, 5.74) is 0. The number of Topliss-reactive ketones (excluding diaryl/α,β-unsaturated/α-hetero) is 1. The number of esters is 1. The minimum absolute atomic E-state index is 0.0118. The standard InChI is InChI=1S/C9H12O3/c1-5-8-4-6(10)2-3-7(8)9(11)12-5/h5,7-8H,2-4H2,1H3/t5-,7-,8-/m1/s1. The van der Waals surface area contributed by atoms with Crippen LogP contribution in [0.1, 0.15) is 26.2 Å². The summed E-state index contributed by atoms with van der Waals surface area (Å²) in [7, 11) is 0. The van der Waals surface area contributed by atoms with E-state index in [-0.39, 0.29) is 29.7 Å². The molecule has 2 fully saturated rings. The smallest absolute Gasteiger partial charge is 0.309 e. The molecule has 1 saturated carbocycles. The molecule has 3 heteroatoms. The lowest BCUT2D eigenvalue weighted by Gasteiger charge is -2.21. The molecule has 12 heavy (non-hydrogen) atoms. The fourth-order valence-corrected chi connectivity index (χ4v) is 2.18. The quantitative estimate of drug-likeness (QED) is 0.505. The first-order chi connectivity index (χ1) is 5.68. The number of carbonyl (C=O) groups is 2. The van der Waals surface area contributed by atoms with E-state index in [4.69, 9.17) is 4.74 Å². The zero-order valence-electron chi connectivity index (χ0n) is 7.08. The zero-order chi connectivity index (χ0) is 8.72. The molecule has 2 aliphatic rings. The van der Waals surface area contributed by atoms with Crippen LogP contribution < -0.4 is 0 Å². The molecule has 3 atom stereocenters. The van der Waals surface area contributed by atoms with Crippen LogP contribution in [0.5, 0.6) is 0 Å². The number of rotatable bonds is 0. The van der Waals surface area contributed by atoms with E-state index < -0.39 is 0 Å². The van der Waals surface area contributed by atoms with E-state index in [1.807, 2.05) is 6.92 Å².